The van der Waals surface area contributed by atoms with Crippen LogP contribution in [0.1, 0.15) is 36.1 Å². The number of hydrogen-bond acceptors (Lipinski definition) is 4. The molecule has 0 aromatic carbocycles. The van der Waals surface area contributed by atoms with Crippen LogP contribution in [0.25, 0.3) is 0 Å². The van der Waals surface area contributed by atoms with Gasteiger partial charge >= 0.3 is 0 Å². The van der Waals surface area contributed by atoms with Crippen LogP contribution in [0, 0.1) is 31.1 Å². The standard InChI is InChI=1S/C17H22N4O/c1-12-10-13(2)19-16(15(12)11-18)20-6-3-7-21(9-8-20)17(22)14-4-5-14/h10,14H,3-9H2,1-2H3. The zero-order valence-electron chi connectivity index (χ0n) is 13.3. The fraction of sp³-hybridized carbons (Fsp3) is 0.588. The van der Waals surface area contributed by atoms with Crippen molar-refractivity contribution < 1.29 is 4.79 Å². The number of nitrogens with zero attached hydrogens (tertiary/aromatic N) is 4. The monoisotopic (exact) mass is 298 g/mol. The molecule has 5 heteroatoms. The number of hydrogen-bond donors (Lipinski definition) is 0. The van der Waals surface area contributed by atoms with Crippen LogP contribution in [0.2, 0.25) is 0 Å². The quantitative estimate of drug-likeness (QED) is 0.838. The molecule has 1 aromatic rings. The van der Waals surface area contributed by atoms with Gasteiger partial charge < -0.3 is 9.80 Å². The van der Waals surface area contributed by atoms with E-state index >= 15 is 0 Å². The van der Waals surface area contributed by atoms with Gasteiger partial charge in [-0.1, -0.05) is 0 Å². The van der Waals surface area contributed by atoms with E-state index < -0.39 is 0 Å². The lowest BCUT2D eigenvalue weighted by Crippen LogP contribution is -2.36. The molecule has 1 aliphatic carbocycles. The van der Waals surface area contributed by atoms with Gasteiger partial charge in [0.1, 0.15) is 11.9 Å². The van der Waals surface area contributed by atoms with Crippen molar-refractivity contribution in [2.45, 2.75) is 33.1 Å². The maximum absolute atomic E-state index is 12.2. The molecule has 5 nitrogen and oxygen atoms in total. The summed E-state index contributed by atoms with van der Waals surface area (Å²) in [6.07, 6.45) is 3.03. The lowest BCUT2D eigenvalue weighted by Gasteiger charge is -2.24. The van der Waals surface area contributed by atoms with Gasteiger partial charge in [-0.25, -0.2) is 4.98 Å². The first-order valence-electron chi connectivity index (χ1n) is 8.02. The smallest absolute Gasteiger partial charge is 0.225 e. The third-order valence-electron chi connectivity index (χ3n) is 4.47. The molecule has 2 aliphatic rings. The van der Waals surface area contributed by atoms with Gasteiger partial charge in [-0.2, -0.15) is 5.26 Å². The Labute approximate surface area is 131 Å². The van der Waals surface area contributed by atoms with Crippen LogP contribution in [0.15, 0.2) is 6.07 Å². The van der Waals surface area contributed by atoms with Gasteiger partial charge in [0.05, 0.1) is 5.56 Å². The van der Waals surface area contributed by atoms with E-state index in [1.54, 1.807) is 0 Å². The van der Waals surface area contributed by atoms with Crippen molar-refractivity contribution in [1.29, 1.82) is 5.26 Å². The summed E-state index contributed by atoms with van der Waals surface area (Å²) in [6, 6.07) is 4.23. The largest absolute Gasteiger partial charge is 0.354 e. The van der Waals surface area contributed by atoms with Crippen molar-refractivity contribution in [2.75, 3.05) is 31.1 Å². The summed E-state index contributed by atoms with van der Waals surface area (Å²) >= 11 is 0. The van der Waals surface area contributed by atoms with Gasteiger partial charge in [0.25, 0.3) is 0 Å². The third-order valence-corrected chi connectivity index (χ3v) is 4.47. The molecule has 1 aliphatic heterocycles. The minimum Gasteiger partial charge on any atom is -0.354 e. The van der Waals surface area contributed by atoms with Gasteiger partial charge in [-0.05, 0) is 44.7 Å². The van der Waals surface area contributed by atoms with Crippen molar-refractivity contribution in [1.82, 2.24) is 9.88 Å². The van der Waals surface area contributed by atoms with Crippen LogP contribution in [0.4, 0.5) is 5.82 Å². The molecule has 2 heterocycles. The average Bonchev–Trinajstić information content (AvgIpc) is 3.32. The number of aromatic nitrogens is 1. The number of anilines is 1. The van der Waals surface area contributed by atoms with Crippen molar-refractivity contribution >= 4 is 11.7 Å². The molecular formula is C17H22N4O. The van der Waals surface area contributed by atoms with Gasteiger partial charge in [0.15, 0.2) is 0 Å². The number of carbonyl (C=O) groups excluding carboxylic acids is 1. The molecule has 0 atom stereocenters. The van der Waals surface area contributed by atoms with E-state index in [9.17, 15) is 10.1 Å². The van der Waals surface area contributed by atoms with Crippen molar-refractivity contribution in [2.24, 2.45) is 5.92 Å². The van der Waals surface area contributed by atoms with Crippen LogP contribution in [0.5, 0.6) is 0 Å². The average molecular weight is 298 g/mol. The van der Waals surface area contributed by atoms with E-state index in [-0.39, 0.29) is 5.92 Å². The van der Waals surface area contributed by atoms with Gasteiger partial charge in [0.2, 0.25) is 5.91 Å². The Kier molecular flexibility index (Phi) is 4.02. The summed E-state index contributed by atoms with van der Waals surface area (Å²) in [5, 5.41) is 9.43. The molecule has 1 amide bonds. The minimum atomic E-state index is 0.278. The molecular weight excluding hydrogens is 276 g/mol. The van der Waals surface area contributed by atoms with E-state index in [4.69, 9.17) is 0 Å². The topological polar surface area (TPSA) is 60.2 Å². The molecule has 0 bridgehead atoms. The first-order chi connectivity index (χ1) is 10.6. The number of pyridine rings is 1. The van der Waals surface area contributed by atoms with Crippen LogP contribution in [0.3, 0.4) is 0 Å². The summed E-state index contributed by atoms with van der Waals surface area (Å²) < 4.78 is 0. The highest BCUT2D eigenvalue weighted by Gasteiger charge is 2.34. The Morgan fingerprint density at radius 2 is 2.05 bits per heavy atom. The molecule has 0 radical (unpaired) electrons. The molecule has 1 aromatic heterocycles. The molecule has 3 rings (SSSR count). The van der Waals surface area contributed by atoms with Gasteiger partial charge in [0, 0.05) is 37.8 Å². The van der Waals surface area contributed by atoms with Gasteiger partial charge in [-0.3, -0.25) is 4.79 Å². The molecule has 22 heavy (non-hydrogen) atoms. The maximum atomic E-state index is 12.2. The molecule has 0 spiro atoms. The van der Waals surface area contributed by atoms with E-state index in [1.807, 2.05) is 24.8 Å². The highest BCUT2D eigenvalue weighted by atomic mass is 16.2. The number of rotatable bonds is 2. The van der Waals surface area contributed by atoms with E-state index in [1.165, 1.54) is 0 Å². The normalized spacial score (nSPS) is 18.8. The molecule has 1 saturated carbocycles. The molecule has 1 saturated heterocycles. The highest BCUT2D eigenvalue weighted by molar-refractivity contribution is 5.81. The fourth-order valence-corrected chi connectivity index (χ4v) is 3.12. The van der Waals surface area contributed by atoms with Crippen molar-refractivity contribution in [3.05, 3.63) is 22.9 Å². The Balaban J connectivity index is 1.79. The minimum absolute atomic E-state index is 0.278. The zero-order valence-corrected chi connectivity index (χ0v) is 13.3. The molecule has 116 valence electrons. The fourth-order valence-electron chi connectivity index (χ4n) is 3.12. The van der Waals surface area contributed by atoms with E-state index in [2.05, 4.69) is 16.0 Å². The Morgan fingerprint density at radius 3 is 2.73 bits per heavy atom. The van der Waals surface area contributed by atoms with E-state index in [0.717, 1.165) is 62.5 Å². The molecule has 2 fully saturated rings. The van der Waals surface area contributed by atoms with Crippen molar-refractivity contribution in [3.8, 4) is 6.07 Å². The first-order valence-corrected chi connectivity index (χ1v) is 8.02. The Hall–Kier alpha value is -2.09. The summed E-state index contributed by atoms with van der Waals surface area (Å²) in [7, 11) is 0. The second-order valence-corrected chi connectivity index (χ2v) is 6.33. The first kappa shape index (κ1) is 14.8. The van der Waals surface area contributed by atoms with Crippen LogP contribution < -0.4 is 4.90 Å². The summed E-state index contributed by atoms with van der Waals surface area (Å²) in [5.74, 6) is 1.37. The molecule has 0 N–H and O–H groups in total. The lowest BCUT2D eigenvalue weighted by atomic mass is 10.1. The SMILES string of the molecule is Cc1cc(C)c(C#N)c(N2CCCN(C(=O)C3CC3)CC2)n1. The number of carbonyl (C=O) groups is 1. The second kappa shape index (κ2) is 5.96. The summed E-state index contributed by atoms with van der Waals surface area (Å²) in [4.78, 5) is 21.0. The molecule has 0 unspecified atom stereocenters. The summed E-state index contributed by atoms with van der Waals surface area (Å²) in [6.45, 7) is 7.06. The van der Waals surface area contributed by atoms with E-state index in [0.29, 0.717) is 11.5 Å². The number of nitriles is 1. The maximum Gasteiger partial charge on any atom is 0.225 e. The van der Waals surface area contributed by atoms with Crippen molar-refractivity contribution in [3.63, 3.8) is 0 Å². The van der Waals surface area contributed by atoms with Crippen LogP contribution >= 0.6 is 0 Å². The predicted octanol–water partition coefficient (Wildman–Crippen LogP) is 2.02. The number of amides is 1. The second-order valence-electron chi connectivity index (χ2n) is 6.33. The Morgan fingerprint density at radius 1 is 1.27 bits per heavy atom. The highest BCUT2D eigenvalue weighted by Crippen LogP contribution is 2.31. The van der Waals surface area contributed by atoms with Gasteiger partial charge in [-0.15, -0.1) is 0 Å². The lowest BCUT2D eigenvalue weighted by molar-refractivity contribution is -0.132. The number of aryl methyl sites for hydroxylation is 2. The Bertz CT molecular complexity index is 630. The zero-order chi connectivity index (χ0) is 15.7. The summed E-state index contributed by atoms with van der Waals surface area (Å²) in [5.41, 5.74) is 2.56. The van der Waals surface area contributed by atoms with Crippen LogP contribution in [-0.2, 0) is 4.79 Å². The predicted molar refractivity (Wildman–Crippen MR) is 84.6 cm³/mol. The third kappa shape index (κ3) is 2.92. The van der Waals surface area contributed by atoms with Crippen LogP contribution in [-0.4, -0.2) is 42.0 Å².